The van der Waals surface area contributed by atoms with Crippen LogP contribution in [0, 0.1) is 0 Å². The number of carbonyl (C=O) groups is 1. The molecule has 1 aliphatic carbocycles. The highest BCUT2D eigenvalue weighted by molar-refractivity contribution is 9.10. The summed E-state index contributed by atoms with van der Waals surface area (Å²) in [4.78, 5) is 11.1. The van der Waals surface area contributed by atoms with Gasteiger partial charge in [0.1, 0.15) is 5.75 Å². The zero-order valence-electron chi connectivity index (χ0n) is 8.29. The van der Waals surface area contributed by atoms with Gasteiger partial charge in [-0.15, -0.1) is 0 Å². The number of carboxylic acids is 1. The van der Waals surface area contributed by atoms with Gasteiger partial charge in [-0.3, -0.25) is 4.79 Å². The average Bonchev–Trinajstić information content (AvgIpc) is 2.64. The summed E-state index contributed by atoms with van der Waals surface area (Å²) in [5, 5.41) is 9.10. The van der Waals surface area contributed by atoms with Crippen LogP contribution in [-0.2, 0) is 11.2 Å². The fourth-order valence-corrected chi connectivity index (χ4v) is 2.65. The van der Waals surface area contributed by atoms with Crippen molar-refractivity contribution in [2.45, 2.75) is 18.8 Å². The molecule has 15 heavy (non-hydrogen) atoms. The zero-order valence-corrected chi connectivity index (χ0v) is 9.87. The molecule has 3 nitrogen and oxygen atoms in total. The molecule has 0 spiro atoms. The van der Waals surface area contributed by atoms with Gasteiger partial charge < -0.3 is 9.84 Å². The Hall–Kier alpha value is -1.03. The average molecular weight is 271 g/mol. The molecule has 1 atom stereocenters. The summed E-state index contributed by atoms with van der Waals surface area (Å²) in [5.41, 5.74) is 1.90. The molecule has 0 aliphatic heterocycles. The standard InChI is InChI=1S/C11H11BrO3/c1-15-9-5-4-8(12)6-2-3-7(10(6)9)11(13)14/h4-5,7H,2-3H2,1H3,(H,13,14)/t7-/m0/s1. The van der Waals surface area contributed by atoms with Gasteiger partial charge in [-0.05, 0) is 30.5 Å². The molecule has 0 unspecified atom stereocenters. The van der Waals surface area contributed by atoms with Crippen LogP contribution in [0.15, 0.2) is 16.6 Å². The molecule has 0 radical (unpaired) electrons. The fraction of sp³-hybridized carbons (Fsp3) is 0.364. The molecular weight excluding hydrogens is 260 g/mol. The molecule has 0 amide bonds. The molecular formula is C11H11BrO3. The maximum Gasteiger partial charge on any atom is 0.311 e. The number of hydrogen-bond donors (Lipinski definition) is 1. The molecule has 0 bridgehead atoms. The smallest absolute Gasteiger partial charge is 0.311 e. The molecule has 0 heterocycles. The largest absolute Gasteiger partial charge is 0.496 e. The van der Waals surface area contributed by atoms with E-state index in [0.29, 0.717) is 12.2 Å². The highest BCUT2D eigenvalue weighted by atomic mass is 79.9. The quantitative estimate of drug-likeness (QED) is 0.899. The lowest BCUT2D eigenvalue weighted by atomic mass is 10.0. The minimum Gasteiger partial charge on any atom is -0.496 e. The van der Waals surface area contributed by atoms with E-state index in [9.17, 15) is 4.79 Å². The van der Waals surface area contributed by atoms with Crippen LogP contribution >= 0.6 is 15.9 Å². The van der Waals surface area contributed by atoms with E-state index in [4.69, 9.17) is 9.84 Å². The predicted octanol–water partition coefficient (Wildman–Crippen LogP) is 2.57. The fourth-order valence-electron chi connectivity index (χ4n) is 2.11. The third kappa shape index (κ3) is 1.63. The van der Waals surface area contributed by atoms with Crippen LogP contribution in [0.5, 0.6) is 5.75 Å². The van der Waals surface area contributed by atoms with Crippen molar-refractivity contribution >= 4 is 21.9 Å². The molecule has 0 aromatic heterocycles. The maximum atomic E-state index is 11.1. The number of aliphatic carboxylic acids is 1. The summed E-state index contributed by atoms with van der Waals surface area (Å²) < 4.78 is 6.18. The van der Waals surface area contributed by atoms with Crippen molar-refractivity contribution in [1.82, 2.24) is 0 Å². The van der Waals surface area contributed by atoms with Crippen molar-refractivity contribution in [2.24, 2.45) is 0 Å². The lowest BCUT2D eigenvalue weighted by Gasteiger charge is -2.12. The van der Waals surface area contributed by atoms with E-state index in [1.54, 1.807) is 7.11 Å². The van der Waals surface area contributed by atoms with Gasteiger partial charge in [0, 0.05) is 10.0 Å². The minimum atomic E-state index is -0.773. The molecule has 1 aromatic carbocycles. The lowest BCUT2D eigenvalue weighted by Crippen LogP contribution is -2.09. The Kier molecular flexibility index (Phi) is 2.69. The molecule has 1 aromatic rings. The summed E-state index contributed by atoms with van der Waals surface area (Å²) in [5.74, 6) is -0.518. The van der Waals surface area contributed by atoms with Gasteiger partial charge in [-0.25, -0.2) is 0 Å². The van der Waals surface area contributed by atoms with Crippen LogP contribution in [0.3, 0.4) is 0 Å². The number of methoxy groups -OCH3 is 1. The van der Waals surface area contributed by atoms with E-state index in [0.717, 1.165) is 22.0 Å². The highest BCUT2D eigenvalue weighted by Crippen LogP contribution is 2.42. The molecule has 1 aliphatic rings. The van der Waals surface area contributed by atoms with Crippen molar-refractivity contribution in [1.29, 1.82) is 0 Å². The Bertz CT molecular complexity index is 415. The van der Waals surface area contributed by atoms with Gasteiger partial charge in [0.25, 0.3) is 0 Å². The molecule has 0 fully saturated rings. The lowest BCUT2D eigenvalue weighted by molar-refractivity contribution is -0.138. The molecule has 2 rings (SSSR count). The van der Waals surface area contributed by atoms with Gasteiger partial charge in [0.05, 0.1) is 13.0 Å². The predicted molar refractivity (Wildman–Crippen MR) is 59.4 cm³/mol. The molecule has 4 heteroatoms. The summed E-state index contributed by atoms with van der Waals surface area (Å²) >= 11 is 3.44. The van der Waals surface area contributed by atoms with Gasteiger partial charge in [-0.1, -0.05) is 15.9 Å². The van der Waals surface area contributed by atoms with Crippen LogP contribution in [0.25, 0.3) is 0 Å². The number of ether oxygens (including phenoxy) is 1. The second-order valence-electron chi connectivity index (χ2n) is 3.57. The van der Waals surface area contributed by atoms with Crippen LogP contribution < -0.4 is 4.74 Å². The minimum absolute atomic E-state index is 0.424. The Morgan fingerprint density at radius 2 is 2.33 bits per heavy atom. The Labute approximate surface area is 96.2 Å². The van der Waals surface area contributed by atoms with Crippen molar-refractivity contribution in [3.63, 3.8) is 0 Å². The van der Waals surface area contributed by atoms with Crippen molar-refractivity contribution in [3.8, 4) is 5.75 Å². The van der Waals surface area contributed by atoms with Crippen molar-refractivity contribution < 1.29 is 14.6 Å². The third-order valence-corrected chi connectivity index (χ3v) is 3.55. The van der Waals surface area contributed by atoms with E-state index in [-0.39, 0.29) is 0 Å². The number of halogens is 1. The monoisotopic (exact) mass is 270 g/mol. The van der Waals surface area contributed by atoms with E-state index < -0.39 is 11.9 Å². The first-order chi connectivity index (χ1) is 7.15. The number of hydrogen-bond acceptors (Lipinski definition) is 2. The van der Waals surface area contributed by atoms with Crippen LogP contribution in [0.1, 0.15) is 23.5 Å². The van der Waals surface area contributed by atoms with Crippen LogP contribution in [-0.4, -0.2) is 18.2 Å². The van der Waals surface area contributed by atoms with Gasteiger partial charge >= 0.3 is 5.97 Å². The third-order valence-electron chi connectivity index (χ3n) is 2.81. The number of fused-ring (bicyclic) bond motifs is 1. The molecule has 1 N–H and O–H groups in total. The van der Waals surface area contributed by atoms with E-state index >= 15 is 0 Å². The Morgan fingerprint density at radius 3 is 2.93 bits per heavy atom. The van der Waals surface area contributed by atoms with Gasteiger partial charge in [0.15, 0.2) is 0 Å². The number of rotatable bonds is 2. The first kappa shape index (κ1) is 10.5. The molecule has 80 valence electrons. The van der Waals surface area contributed by atoms with Crippen molar-refractivity contribution in [3.05, 3.63) is 27.7 Å². The van der Waals surface area contributed by atoms with E-state index in [2.05, 4.69) is 15.9 Å². The van der Waals surface area contributed by atoms with Crippen molar-refractivity contribution in [2.75, 3.05) is 7.11 Å². The maximum absolute atomic E-state index is 11.1. The first-order valence-electron chi connectivity index (χ1n) is 4.73. The summed E-state index contributed by atoms with van der Waals surface area (Å²) in [7, 11) is 1.57. The second kappa shape index (κ2) is 3.85. The molecule has 0 saturated carbocycles. The SMILES string of the molecule is COc1ccc(Br)c2c1[C@@H](C(=O)O)CC2. The zero-order chi connectivity index (χ0) is 11.0. The second-order valence-corrected chi connectivity index (χ2v) is 4.43. The highest BCUT2D eigenvalue weighted by Gasteiger charge is 2.32. The number of benzene rings is 1. The summed E-state index contributed by atoms with van der Waals surface area (Å²) in [6.45, 7) is 0. The Balaban J connectivity index is 2.58. The van der Waals surface area contributed by atoms with Crippen LogP contribution in [0.2, 0.25) is 0 Å². The number of carboxylic acid groups (broad SMARTS) is 1. The first-order valence-corrected chi connectivity index (χ1v) is 5.52. The van der Waals surface area contributed by atoms with E-state index in [1.807, 2.05) is 12.1 Å². The summed E-state index contributed by atoms with van der Waals surface area (Å²) in [6.07, 6.45) is 1.45. The molecule has 0 saturated heterocycles. The normalized spacial score (nSPS) is 18.7. The van der Waals surface area contributed by atoms with Gasteiger partial charge in [-0.2, -0.15) is 0 Å². The van der Waals surface area contributed by atoms with Crippen LogP contribution in [0.4, 0.5) is 0 Å². The topological polar surface area (TPSA) is 46.5 Å². The Morgan fingerprint density at radius 1 is 1.60 bits per heavy atom. The van der Waals surface area contributed by atoms with E-state index in [1.165, 1.54) is 0 Å². The summed E-state index contributed by atoms with van der Waals surface area (Å²) in [6, 6.07) is 3.71. The van der Waals surface area contributed by atoms with Gasteiger partial charge in [0.2, 0.25) is 0 Å².